The van der Waals surface area contributed by atoms with E-state index in [0.29, 0.717) is 26.0 Å². The molecule has 8 nitrogen and oxygen atoms in total. The monoisotopic (exact) mass is 555 g/mol. The third-order valence-electron chi connectivity index (χ3n) is 8.62. The number of carbonyl (C=O) groups excluding carboxylic acids is 2. The minimum atomic E-state index is -4.61. The second kappa shape index (κ2) is 10.4. The molecule has 3 aliphatic rings. The molecule has 3 heterocycles. The number of nitrogens with zero attached hydrogens (tertiary/aromatic N) is 2. The smallest absolute Gasteiger partial charge is 0.383 e. The van der Waals surface area contributed by atoms with E-state index in [-0.39, 0.29) is 52.5 Å². The number of nitrogens with one attached hydrogen (secondary N) is 3. The fourth-order valence-electron chi connectivity index (χ4n) is 6.77. The third kappa shape index (κ3) is 4.80. The van der Waals surface area contributed by atoms with Crippen LogP contribution in [0.2, 0.25) is 0 Å². The first kappa shape index (κ1) is 26.6. The number of halogens is 3. The van der Waals surface area contributed by atoms with Crippen molar-refractivity contribution in [1.29, 1.82) is 0 Å². The average molecular weight is 556 g/mol. The van der Waals surface area contributed by atoms with Crippen molar-refractivity contribution in [2.75, 3.05) is 25.6 Å². The number of H-pyrrole nitrogens is 1. The zero-order valence-electron chi connectivity index (χ0n) is 22.1. The molecule has 1 saturated carbocycles. The van der Waals surface area contributed by atoms with Gasteiger partial charge in [-0.1, -0.05) is 31.0 Å². The van der Waals surface area contributed by atoms with E-state index in [1.807, 2.05) is 23.1 Å². The number of rotatable bonds is 5. The van der Waals surface area contributed by atoms with Gasteiger partial charge in [-0.2, -0.15) is 13.2 Å². The van der Waals surface area contributed by atoms with Crippen molar-refractivity contribution in [2.45, 2.75) is 56.4 Å². The van der Waals surface area contributed by atoms with Crippen LogP contribution in [0.3, 0.4) is 0 Å². The molecule has 0 unspecified atom stereocenters. The molecule has 1 aromatic heterocycles. The molecule has 1 saturated heterocycles. The van der Waals surface area contributed by atoms with Gasteiger partial charge in [0, 0.05) is 36.9 Å². The highest BCUT2D eigenvalue weighted by Gasteiger charge is 2.48. The number of benzene rings is 2. The molecule has 2 fully saturated rings. The molecule has 212 valence electrons. The Morgan fingerprint density at radius 1 is 1.12 bits per heavy atom. The van der Waals surface area contributed by atoms with Gasteiger partial charge in [0.05, 0.1) is 35.6 Å². The van der Waals surface area contributed by atoms with Crippen LogP contribution in [-0.4, -0.2) is 59.0 Å². The van der Waals surface area contributed by atoms with Crippen LogP contribution in [0.15, 0.2) is 42.5 Å². The summed E-state index contributed by atoms with van der Waals surface area (Å²) in [5.41, 5.74) is 2.59. The van der Waals surface area contributed by atoms with Gasteiger partial charge in [0.15, 0.2) is 0 Å². The van der Waals surface area contributed by atoms with E-state index >= 15 is 0 Å². The Hall–Kier alpha value is -3.60. The van der Waals surface area contributed by atoms with Gasteiger partial charge >= 0.3 is 6.18 Å². The zero-order valence-corrected chi connectivity index (χ0v) is 22.1. The maximum atomic E-state index is 14.1. The van der Waals surface area contributed by atoms with Crippen LogP contribution < -0.4 is 10.6 Å². The molecule has 0 spiro atoms. The van der Waals surface area contributed by atoms with Gasteiger partial charge in [0.2, 0.25) is 11.7 Å². The number of likely N-dealkylation sites (tertiary alicyclic amines) is 1. The normalized spacial score (nSPS) is 26.2. The van der Waals surface area contributed by atoms with Gasteiger partial charge in [-0.25, -0.2) is 4.98 Å². The number of aromatic nitrogens is 2. The SMILES string of the molecule is COC[C@@H]1Nc2ccccc2[C@H]2[C@H]1CCN2C(=O)[C@H]1CCCC[C@H]1NC(=O)c1ccc2[nH]c(C(F)(F)F)nc2c1. The molecule has 11 heteroatoms. The predicted octanol–water partition coefficient (Wildman–Crippen LogP) is 4.90. The van der Waals surface area contributed by atoms with Crippen molar-refractivity contribution < 1.29 is 27.5 Å². The van der Waals surface area contributed by atoms with Gasteiger partial charge in [0.1, 0.15) is 0 Å². The number of alkyl halides is 3. The minimum absolute atomic E-state index is 0.0444. The molecular weight excluding hydrogens is 523 g/mol. The number of amides is 2. The van der Waals surface area contributed by atoms with Crippen molar-refractivity contribution in [3.8, 4) is 0 Å². The molecule has 0 bridgehead atoms. The van der Waals surface area contributed by atoms with Crippen LogP contribution in [0.25, 0.3) is 11.0 Å². The van der Waals surface area contributed by atoms with Gasteiger partial charge in [-0.3, -0.25) is 9.59 Å². The van der Waals surface area contributed by atoms with Crippen LogP contribution in [0.4, 0.5) is 18.9 Å². The number of para-hydroxylation sites is 1. The summed E-state index contributed by atoms with van der Waals surface area (Å²) in [6, 6.07) is 12.0. The molecule has 2 aromatic carbocycles. The predicted molar refractivity (Wildman–Crippen MR) is 143 cm³/mol. The Labute approximate surface area is 229 Å². The number of hydrogen-bond donors (Lipinski definition) is 3. The average Bonchev–Trinajstić information content (AvgIpc) is 3.58. The van der Waals surface area contributed by atoms with Crippen LogP contribution in [0.5, 0.6) is 0 Å². The summed E-state index contributed by atoms with van der Waals surface area (Å²) in [7, 11) is 1.68. The Morgan fingerprint density at radius 2 is 1.93 bits per heavy atom. The standard InChI is InChI=1S/C29H32F3N5O3/c1-40-15-24-18-12-13-37(25(18)17-6-2-4-8-20(17)33-24)27(39)19-7-3-5-9-21(19)34-26(38)16-10-11-22-23(14-16)36-28(35-22)29(30,31)32/h2,4,6,8,10-11,14,18-19,21,24-25,33H,3,5,7,9,12-13,15H2,1H3,(H,34,38)(H,35,36)/t18-,19-,21+,24-,25-/m0/s1. The Bertz CT molecular complexity index is 1420. The highest BCUT2D eigenvalue weighted by molar-refractivity contribution is 5.98. The summed E-state index contributed by atoms with van der Waals surface area (Å²) in [5, 5.41) is 6.63. The number of methoxy groups -OCH3 is 1. The molecule has 5 atom stereocenters. The lowest BCUT2D eigenvalue weighted by Gasteiger charge is -2.41. The van der Waals surface area contributed by atoms with E-state index in [9.17, 15) is 22.8 Å². The van der Waals surface area contributed by atoms with Crippen LogP contribution >= 0.6 is 0 Å². The quantitative estimate of drug-likeness (QED) is 0.416. The van der Waals surface area contributed by atoms with Crippen LogP contribution in [0.1, 0.15) is 59.9 Å². The zero-order chi connectivity index (χ0) is 28.0. The van der Waals surface area contributed by atoms with E-state index < -0.39 is 17.9 Å². The summed E-state index contributed by atoms with van der Waals surface area (Å²) in [6.45, 7) is 1.18. The first-order chi connectivity index (χ1) is 19.2. The van der Waals surface area contributed by atoms with Gasteiger partial charge < -0.3 is 25.3 Å². The summed E-state index contributed by atoms with van der Waals surface area (Å²) in [4.78, 5) is 35.2. The number of anilines is 1. The van der Waals surface area contributed by atoms with E-state index in [1.54, 1.807) is 7.11 Å². The maximum absolute atomic E-state index is 14.1. The number of carbonyl (C=O) groups is 2. The summed E-state index contributed by atoms with van der Waals surface area (Å²) in [5.74, 6) is -1.63. The topological polar surface area (TPSA) is 99.4 Å². The van der Waals surface area contributed by atoms with Crippen molar-refractivity contribution >= 4 is 28.5 Å². The first-order valence-corrected chi connectivity index (χ1v) is 13.8. The number of hydrogen-bond acceptors (Lipinski definition) is 5. The number of aromatic amines is 1. The Morgan fingerprint density at radius 3 is 2.73 bits per heavy atom. The number of imidazole rings is 1. The lowest BCUT2D eigenvalue weighted by Crippen LogP contribution is -2.50. The van der Waals surface area contributed by atoms with E-state index in [0.717, 1.165) is 30.5 Å². The number of ether oxygens (including phenoxy) is 1. The van der Waals surface area contributed by atoms with Gasteiger partial charge in [-0.15, -0.1) is 0 Å². The van der Waals surface area contributed by atoms with Crippen molar-refractivity contribution in [2.24, 2.45) is 11.8 Å². The molecule has 3 aromatic rings. The largest absolute Gasteiger partial charge is 0.449 e. The molecule has 40 heavy (non-hydrogen) atoms. The van der Waals surface area contributed by atoms with Crippen molar-refractivity contribution in [1.82, 2.24) is 20.2 Å². The maximum Gasteiger partial charge on any atom is 0.449 e. The van der Waals surface area contributed by atoms with E-state index in [2.05, 4.69) is 26.7 Å². The van der Waals surface area contributed by atoms with Crippen molar-refractivity contribution in [3.63, 3.8) is 0 Å². The minimum Gasteiger partial charge on any atom is -0.383 e. The fraction of sp³-hybridized carbons (Fsp3) is 0.483. The number of fused-ring (bicyclic) bond motifs is 4. The molecule has 2 amide bonds. The van der Waals surface area contributed by atoms with Gasteiger partial charge in [0.25, 0.3) is 5.91 Å². The van der Waals surface area contributed by atoms with E-state index in [1.165, 1.54) is 18.2 Å². The van der Waals surface area contributed by atoms with Crippen molar-refractivity contribution in [3.05, 3.63) is 59.4 Å². The summed E-state index contributed by atoms with van der Waals surface area (Å²) in [6.07, 6.45) is -0.626. The third-order valence-corrected chi connectivity index (χ3v) is 8.62. The lowest BCUT2D eigenvalue weighted by atomic mass is 9.81. The molecule has 6 rings (SSSR count). The molecule has 1 aliphatic carbocycles. The molecule has 2 aliphatic heterocycles. The molecule has 3 N–H and O–H groups in total. The summed E-state index contributed by atoms with van der Waals surface area (Å²) < 4.78 is 44.7. The second-order valence-corrected chi connectivity index (χ2v) is 11.0. The van der Waals surface area contributed by atoms with Crippen LogP contribution in [0, 0.1) is 11.8 Å². The lowest BCUT2D eigenvalue weighted by molar-refractivity contribution is -0.144. The van der Waals surface area contributed by atoms with E-state index in [4.69, 9.17) is 4.74 Å². The Balaban J connectivity index is 1.22. The van der Waals surface area contributed by atoms with Gasteiger partial charge in [-0.05, 0) is 49.1 Å². The highest BCUT2D eigenvalue weighted by atomic mass is 19.4. The first-order valence-electron chi connectivity index (χ1n) is 13.8. The molecule has 0 radical (unpaired) electrons. The van der Waals surface area contributed by atoms with Crippen LogP contribution in [-0.2, 0) is 15.7 Å². The Kier molecular flexibility index (Phi) is 6.93. The summed E-state index contributed by atoms with van der Waals surface area (Å²) >= 11 is 0. The fourth-order valence-corrected chi connectivity index (χ4v) is 6.77. The second-order valence-electron chi connectivity index (χ2n) is 11.0. The molecular formula is C29H32F3N5O3. The highest BCUT2D eigenvalue weighted by Crippen LogP contribution is 2.47.